The minimum atomic E-state index is -2.11. The average molecular weight is 354 g/mol. The van der Waals surface area contributed by atoms with Crippen molar-refractivity contribution in [1.29, 1.82) is 0 Å². The maximum Gasteiger partial charge on any atom is 0.305 e. The van der Waals surface area contributed by atoms with Gasteiger partial charge in [0.1, 0.15) is 0 Å². The summed E-state index contributed by atoms with van der Waals surface area (Å²) >= 11 is 0. The van der Waals surface area contributed by atoms with Crippen LogP contribution in [-0.2, 0) is 0 Å². The van der Waals surface area contributed by atoms with Crippen molar-refractivity contribution in [2.75, 3.05) is 6.61 Å². The molecule has 0 radical (unpaired) electrons. The predicted octanol–water partition coefficient (Wildman–Crippen LogP) is 6.16. The van der Waals surface area contributed by atoms with Gasteiger partial charge in [0.25, 0.3) is 0 Å². The Balaban J connectivity index is 2.07. The van der Waals surface area contributed by atoms with Crippen LogP contribution in [0.2, 0.25) is 0 Å². The zero-order chi connectivity index (χ0) is 18.0. The Morgan fingerprint density at radius 3 is 2.20 bits per heavy atom. The van der Waals surface area contributed by atoms with Gasteiger partial charge in [0.15, 0.2) is 28.9 Å². The molecule has 0 saturated carbocycles. The minimum absolute atomic E-state index is 0.0133. The molecule has 0 saturated heterocycles. The van der Waals surface area contributed by atoms with Crippen LogP contribution in [0.5, 0.6) is 11.5 Å². The van der Waals surface area contributed by atoms with E-state index < -0.39 is 23.5 Å². The van der Waals surface area contributed by atoms with Gasteiger partial charge < -0.3 is 13.9 Å². The molecule has 2 aromatic carbocycles. The van der Waals surface area contributed by atoms with Gasteiger partial charge in [0, 0.05) is 10.8 Å². The smallest absolute Gasteiger partial charge is 0.305 e. The number of ether oxygens (including phenoxy) is 2. The number of hydrogen-bond donors (Lipinski definition) is 0. The van der Waals surface area contributed by atoms with E-state index >= 15 is 0 Å². The van der Waals surface area contributed by atoms with Crippen molar-refractivity contribution in [3.05, 3.63) is 48.2 Å². The van der Waals surface area contributed by atoms with Crippen LogP contribution in [0.4, 0.5) is 17.6 Å². The van der Waals surface area contributed by atoms with Crippen LogP contribution >= 0.6 is 0 Å². The van der Waals surface area contributed by atoms with E-state index in [1.807, 2.05) is 6.92 Å². The molecule has 25 heavy (non-hydrogen) atoms. The zero-order valence-electron chi connectivity index (χ0n) is 13.2. The third-order valence-electron chi connectivity index (χ3n) is 3.65. The van der Waals surface area contributed by atoms with E-state index in [2.05, 4.69) is 4.74 Å². The van der Waals surface area contributed by atoms with E-state index in [1.165, 1.54) is 18.2 Å². The first-order valence-electron chi connectivity index (χ1n) is 7.66. The number of rotatable bonds is 6. The predicted molar refractivity (Wildman–Crippen MR) is 85.0 cm³/mol. The second-order valence-electron chi connectivity index (χ2n) is 5.34. The fraction of sp³-hybridized carbons (Fsp3) is 0.222. The summed E-state index contributed by atoms with van der Waals surface area (Å²) in [5.41, 5.74) is -0.433. The molecule has 0 atom stereocenters. The second-order valence-corrected chi connectivity index (χ2v) is 5.34. The van der Waals surface area contributed by atoms with Crippen molar-refractivity contribution >= 4 is 21.9 Å². The number of fused-ring (bicyclic) bond motifs is 3. The van der Waals surface area contributed by atoms with Crippen molar-refractivity contribution in [3.63, 3.8) is 0 Å². The van der Waals surface area contributed by atoms with Gasteiger partial charge in [-0.1, -0.05) is 13.3 Å². The molecule has 0 N–H and O–H groups in total. The first-order chi connectivity index (χ1) is 12.0. The summed E-state index contributed by atoms with van der Waals surface area (Å²) in [5.74, 6) is -2.15. The van der Waals surface area contributed by atoms with E-state index in [0.717, 1.165) is 12.8 Å². The van der Waals surface area contributed by atoms with E-state index in [9.17, 15) is 17.6 Å². The topological polar surface area (TPSA) is 31.6 Å². The third kappa shape index (κ3) is 3.26. The Labute approximate surface area is 140 Å². The highest BCUT2D eigenvalue weighted by molar-refractivity contribution is 6.06. The van der Waals surface area contributed by atoms with Gasteiger partial charge in [0.05, 0.1) is 6.61 Å². The molecular weight excluding hydrogens is 340 g/mol. The molecule has 3 aromatic rings. The zero-order valence-corrected chi connectivity index (χ0v) is 13.2. The fourth-order valence-corrected chi connectivity index (χ4v) is 2.44. The Kier molecular flexibility index (Phi) is 4.83. The Bertz CT molecular complexity index is 943. The van der Waals surface area contributed by atoms with E-state index in [0.29, 0.717) is 17.4 Å². The fourth-order valence-electron chi connectivity index (χ4n) is 2.44. The van der Waals surface area contributed by atoms with Gasteiger partial charge in [0.2, 0.25) is 11.6 Å². The molecule has 0 aliphatic carbocycles. The van der Waals surface area contributed by atoms with Crippen LogP contribution in [0, 0.1) is 11.6 Å². The van der Waals surface area contributed by atoms with Crippen LogP contribution in [0.15, 0.2) is 41.0 Å². The number of benzene rings is 2. The molecule has 7 heteroatoms. The van der Waals surface area contributed by atoms with Gasteiger partial charge in [-0.15, -0.1) is 0 Å². The second kappa shape index (κ2) is 7.04. The maximum atomic E-state index is 14.5. The molecule has 132 valence electrons. The molecule has 0 unspecified atom stereocenters. The monoisotopic (exact) mass is 354 g/mol. The van der Waals surface area contributed by atoms with Crippen molar-refractivity contribution in [1.82, 2.24) is 0 Å². The van der Waals surface area contributed by atoms with Gasteiger partial charge in [-0.05, 0) is 30.7 Å². The number of halogens is 4. The lowest BCUT2D eigenvalue weighted by Crippen LogP contribution is -1.98. The van der Waals surface area contributed by atoms with Crippen LogP contribution in [0.25, 0.3) is 21.9 Å². The maximum absolute atomic E-state index is 14.5. The molecule has 3 rings (SSSR count). The normalized spacial score (nSPS) is 11.1. The highest BCUT2D eigenvalue weighted by atomic mass is 19.3. The highest BCUT2D eigenvalue weighted by Crippen LogP contribution is 2.37. The number of unbranched alkanes of at least 4 members (excludes halogenated alkanes) is 1. The molecule has 3 nitrogen and oxygen atoms in total. The largest absolute Gasteiger partial charge is 0.490 e. The molecule has 0 amide bonds. The molecule has 0 bridgehead atoms. The molecule has 1 aromatic heterocycles. The molecule has 0 aliphatic rings. The Morgan fingerprint density at radius 1 is 1.00 bits per heavy atom. The number of furan rings is 1. The lowest BCUT2D eigenvalue weighted by atomic mass is 10.1. The SMILES string of the molecule is CCCCOc1ccc2c(oc3c(F)c(OC=C(F)F)ccc32)c1F. The van der Waals surface area contributed by atoms with Crippen LogP contribution in [0.3, 0.4) is 0 Å². The summed E-state index contributed by atoms with van der Waals surface area (Å²) in [5, 5.41) is 0.663. The molecular formula is C18H14F4O3. The summed E-state index contributed by atoms with van der Waals surface area (Å²) in [6.07, 6.45) is -0.321. The minimum Gasteiger partial charge on any atom is -0.490 e. The Hall–Kier alpha value is -2.70. The van der Waals surface area contributed by atoms with E-state index in [4.69, 9.17) is 9.15 Å². The summed E-state index contributed by atoms with van der Waals surface area (Å²) < 4.78 is 68.3. The van der Waals surface area contributed by atoms with Gasteiger partial charge in [-0.2, -0.15) is 17.6 Å². The van der Waals surface area contributed by atoms with Gasteiger partial charge in [-0.3, -0.25) is 0 Å². The summed E-state index contributed by atoms with van der Waals surface area (Å²) in [7, 11) is 0. The van der Waals surface area contributed by atoms with E-state index in [1.54, 1.807) is 6.07 Å². The van der Waals surface area contributed by atoms with Gasteiger partial charge in [-0.25, -0.2) is 0 Å². The first-order valence-corrected chi connectivity index (χ1v) is 7.66. The molecule has 1 heterocycles. The standard InChI is InChI=1S/C18H14F4O3/c1-2-3-8-23-12-6-4-10-11-5-7-13(24-9-14(19)20)16(22)18(11)25-17(10)15(12)21/h4-7,9H,2-3,8H2,1H3. The van der Waals surface area contributed by atoms with E-state index in [-0.39, 0.29) is 23.2 Å². The third-order valence-corrected chi connectivity index (χ3v) is 3.65. The van der Waals surface area contributed by atoms with Crippen molar-refractivity contribution < 1.29 is 31.5 Å². The van der Waals surface area contributed by atoms with Crippen molar-refractivity contribution in [2.45, 2.75) is 19.8 Å². The lowest BCUT2D eigenvalue weighted by molar-refractivity contribution is 0.294. The van der Waals surface area contributed by atoms with Crippen molar-refractivity contribution in [2.24, 2.45) is 0 Å². The summed E-state index contributed by atoms with van der Waals surface area (Å²) in [6, 6.07) is 5.61. The molecule has 0 fully saturated rings. The highest BCUT2D eigenvalue weighted by Gasteiger charge is 2.20. The quantitative estimate of drug-likeness (QED) is 0.302. The van der Waals surface area contributed by atoms with Crippen LogP contribution in [-0.4, -0.2) is 6.61 Å². The van der Waals surface area contributed by atoms with Crippen LogP contribution in [0.1, 0.15) is 19.8 Å². The van der Waals surface area contributed by atoms with Crippen LogP contribution < -0.4 is 9.47 Å². The summed E-state index contributed by atoms with van der Waals surface area (Å²) in [4.78, 5) is 0. The lowest BCUT2D eigenvalue weighted by Gasteiger charge is -2.06. The summed E-state index contributed by atoms with van der Waals surface area (Å²) in [6.45, 7) is 2.33. The average Bonchev–Trinajstić information content (AvgIpc) is 2.97. The van der Waals surface area contributed by atoms with Crippen molar-refractivity contribution in [3.8, 4) is 11.5 Å². The first kappa shape index (κ1) is 17.1. The van der Waals surface area contributed by atoms with Gasteiger partial charge >= 0.3 is 6.08 Å². The molecule has 0 spiro atoms. The number of hydrogen-bond acceptors (Lipinski definition) is 3. The Morgan fingerprint density at radius 2 is 1.60 bits per heavy atom. The molecule has 0 aliphatic heterocycles.